The van der Waals surface area contributed by atoms with Gasteiger partial charge in [0.25, 0.3) is 5.69 Å². The number of nitrogens with zero attached hydrogens (tertiary/aromatic N) is 3. The predicted octanol–water partition coefficient (Wildman–Crippen LogP) is 5.95. The zero-order valence-electron chi connectivity index (χ0n) is 22.9. The van der Waals surface area contributed by atoms with Gasteiger partial charge in [-0.3, -0.25) is 10.1 Å². The highest BCUT2D eigenvalue weighted by molar-refractivity contribution is 5.89. The molecule has 212 valence electrons. The molecule has 1 heterocycles. The maximum Gasteiger partial charge on any atom is 0.330 e. The molecule has 1 aliphatic carbocycles. The topological polar surface area (TPSA) is 119 Å². The summed E-state index contributed by atoms with van der Waals surface area (Å²) >= 11 is 0. The predicted molar refractivity (Wildman–Crippen MR) is 157 cm³/mol. The van der Waals surface area contributed by atoms with Crippen LogP contribution in [0.2, 0.25) is 0 Å². The van der Waals surface area contributed by atoms with Crippen LogP contribution < -0.4 is 4.90 Å². The SMILES string of the molecule is COC(=O)[C@H](CO)N(c1cc2oc(C3CC3)nc2cc1[N+](=O)[O-])C(c1ccccc1)(c1ccccc1)c1ccccc1. The fourth-order valence-electron chi connectivity index (χ4n) is 5.75. The zero-order chi connectivity index (χ0) is 29.3. The number of carbonyl (C=O) groups is 1. The van der Waals surface area contributed by atoms with E-state index in [4.69, 9.17) is 9.15 Å². The van der Waals surface area contributed by atoms with Gasteiger partial charge in [-0.05, 0) is 29.5 Å². The number of aliphatic hydroxyl groups is 1. The van der Waals surface area contributed by atoms with E-state index in [0.29, 0.717) is 17.0 Å². The van der Waals surface area contributed by atoms with E-state index in [1.165, 1.54) is 13.2 Å². The van der Waals surface area contributed by atoms with Gasteiger partial charge in [0, 0.05) is 18.1 Å². The number of benzene rings is 4. The highest BCUT2D eigenvalue weighted by Gasteiger charge is 2.49. The molecule has 1 fully saturated rings. The maximum atomic E-state index is 13.5. The number of anilines is 1. The molecule has 9 heteroatoms. The summed E-state index contributed by atoms with van der Waals surface area (Å²) in [6.45, 7) is -0.681. The van der Waals surface area contributed by atoms with Crippen LogP contribution in [-0.4, -0.2) is 40.7 Å². The maximum absolute atomic E-state index is 13.5. The van der Waals surface area contributed by atoms with E-state index < -0.39 is 29.1 Å². The number of ether oxygens (including phenoxy) is 1. The monoisotopic (exact) mass is 563 g/mol. The van der Waals surface area contributed by atoms with Gasteiger partial charge in [0.1, 0.15) is 16.7 Å². The molecule has 9 nitrogen and oxygen atoms in total. The van der Waals surface area contributed by atoms with Gasteiger partial charge in [-0.25, -0.2) is 9.78 Å². The van der Waals surface area contributed by atoms with Gasteiger partial charge in [0.15, 0.2) is 17.5 Å². The first-order chi connectivity index (χ1) is 20.5. The Hall–Kier alpha value is -5.02. The second-order valence-electron chi connectivity index (χ2n) is 10.3. The summed E-state index contributed by atoms with van der Waals surface area (Å²) in [6, 6.07) is 29.9. The van der Waals surface area contributed by atoms with E-state index in [-0.39, 0.29) is 17.3 Å². The van der Waals surface area contributed by atoms with Crippen LogP contribution in [0.3, 0.4) is 0 Å². The van der Waals surface area contributed by atoms with Gasteiger partial charge < -0.3 is 19.2 Å². The van der Waals surface area contributed by atoms with Crippen molar-refractivity contribution in [2.75, 3.05) is 18.6 Å². The molecule has 4 aromatic carbocycles. The van der Waals surface area contributed by atoms with E-state index in [2.05, 4.69) is 4.98 Å². The van der Waals surface area contributed by atoms with Crippen LogP contribution in [0.15, 0.2) is 108 Å². The molecule has 0 aliphatic heterocycles. The van der Waals surface area contributed by atoms with Crippen molar-refractivity contribution >= 4 is 28.4 Å². The number of hydrogen-bond donors (Lipinski definition) is 1. The molecule has 0 unspecified atom stereocenters. The number of aromatic nitrogens is 1. The van der Waals surface area contributed by atoms with Crippen molar-refractivity contribution in [2.45, 2.75) is 30.3 Å². The lowest BCUT2D eigenvalue weighted by molar-refractivity contribution is -0.384. The number of oxazole rings is 1. The van der Waals surface area contributed by atoms with Crippen LogP contribution in [0, 0.1) is 10.1 Å². The van der Waals surface area contributed by atoms with Crippen molar-refractivity contribution in [1.29, 1.82) is 0 Å². The Morgan fingerprint density at radius 2 is 1.52 bits per heavy atom. The number of carbonyl (C=O) groups excluding carboxylic acids is 1. The van der Waals surface area contributed by atoms with Crippen LogP contribution in [0.25, 0.3) is 11.1 Å². The van der Waals surface area contributed by atoms with Crippen LogP contribution >= 0.6 is 0 Å². The van der Waals surface area contributed by atoms with Crippen LogP contribution in [0.1, 0.15) is 41.3 Å². The third kappa shape index (κ3) is 4.57. The molecule has 1 saturated carbocycles. The minimum atomic E-state index is -1.35. The largest absolute Gasteiger partial charge is 0.467 e. The van der Waals surface area contributed by atoms with E-state index in [1.54, 1.807) is 11.0 Å². The number of methoxy groups -OCH3 is 1. The van der Waals surface area contributed by atoms with E-state index in [1.807, 2.05) is 91.0 Å². The first kappa shape index (κ1) is 27.2. The molecule has 1 aromatic heterocycles. The zero-order valence-corrected chi connectivity index (χ0v) is 22.9. The fraction of sp³-hybridized carbons (Fsp3) is 0.212. The van der Waals surface area contributed by atoms with Crippen molar-refractivity contribution in [2.24, 2.45) is 0 Å². The molecule has 1 N–H and O–H groups in total. The third-order valence-electron chi connectivity index (χ3n) is 7.78. The molecular formula is C33H29N3O6. The molecule has 0 bridgehead atoms. The highest BCUT2D eigenvalue weighted by Crippen LogP contribution is 2.50. The second kappa shape index (κ2) is 11.1. The van der Waals surface area contributed by atoms with Crippen molar-refractivity contribution in [1.82, 2.24) is 4.98 Å². The van der Waals surface area contributed by atoms with Crippen molar-refractivity contribution in [3.05, 3.63) is 136 Å². The molecule has 0 saturated heterocycles. The minimum Gasteiger partial charge on any atom is -0.467 e. The fourth-order valence-corrected chi connectivity index (χ4v) is 5.75. The molecule has 42 heavy (non-hydrogen) atoms. The summed E-state index contributed by atoms with van der Waals surface area (Å²) in [7, 11) is 1.23. The van der Waals surface area contributed by atoms with Crippen molar-refractivity contribution in [3.63, 3.8) is 0 Å². The number of fused-ring (bicyclic) bond motifs is 1. The van der Waals surface area contributed by atoms with E-state index in [0.717, 1.165) is 29.5 Å². The molecule has 0 spiro atoms. The smallest absolute Gasteiger partial charge is 0.330 e. The van der Waals surface area contributed by atoms with E-state index in [9.17, 15) is 20.0 Å². The number of nitro groups is 1. The Morgan fingerprint density at radius 3 is 1.95 bits per heavy atom. The number of rotatable bonds is 10. The second-order valence-corrected chi connectivity index (χ2v) is 10.3. The number of hydrogen-bond acceptors (Lipinski definition) is 8. The van der Waals surface area contributed by atoms with Crippen LogP contribution in [0.5, 0.6) is 0 Å². The van der Waals surface area contributed by atoms with Crippen LogP contribution in [-0.2, 0) is 15.1 Å². The van der Waals surface area contributed by atoms with E-state index >= 15 is 0 Å². The van der Waals surface area contributed by atoms with Crippen molar-refractivity contribution < 1.29 is 24.0 Å². The molecule has 6 rings (SSSR count). The number of esters is 1. The van der Waals surface area contributed by atoms with Crippen LogP contribution in [0.4, 0.5) is 11.4 Å². The molecule has 0 amide bonds. The van der Waals surface area contributed by atoms with Gasteiger partial charge in [-0.2, -0.15) is 0 Å². The number of aliphatic hydroxyl groups excluding tert-OH is 1. The Bertz CT molecular complexity index is 1620. The molecule has 0 radical (unpaired) electrons. The van der Waals surface area contributed by atoms with Gasteiger partial charge in [-0.1, -0.05) is 91.0 Å². The molecule has 5 aromatic rings. The van der Waals surface area contributed by atoms with Gasteiger partial charge in [0.05, 0.1) is 18.6 Å². The lowest BCUT2D eigenvalue weighted by atomic mass is 9.74. The average molecular weight is 564 g/mol. The van der Waals surface area contributed by atoms with Gasteiger partial charge in [-0.15, -0.1) is 0 Å². The molecule has 1 atom stereocenters. The van der Waals surface area contributed by atoms with Gasteiger partial charge in [0.2, 0.25) is 0 Å². The van der Waals surface area contributed by atoms with Crippen molar-refractivity contribution in [3.8, 4) is 0 Å². The third-order valence-corrected chi connectivity index (χ3v) is 7.78. The lowest BCUT2D eigenvalue weighted by Gasteiger charge is -2.49. The Kier molecular flexibility index (Phi) is 7.18. The average Bonchev–Trinajstić information content (AvgIpc) is 3.80. The minimum absolute atomic E-state index is 0.0759. The summed E-state index contributed by atoms with van der Waals surface area (Å²) in [5, 5.41) is 23.6. The Balaban J connectivity index is 1.77. The summed E-state index contributed by atoms with van der Waals surface area (Å²) in [5.41, 5.74) is 1.31. The molecule has 1 aliphatic rings. The quantitative estimate of drug-likeness (QED) is 0.0959. The summed E-state index contributed by atoms with van der Waals surface area (Å²) in [5.74, 6) is -0.0290. The Morgan fingerprint density at radius 1 is 1.00 bits per heavy atom. The molecular weight excluding hydrogens is 534 g/mol. The summed E-state index contributed by atoms with van der Waals surface area (Å²) in [4.78, 5) is 31.9. The standard InChI is InChI=1S/C33H29N3O6/c1-41-32(38)29(21-37)35(27-20-30-26(19-28(27)36(39)40)34-31(42-30)22-17-18-22)33(23-11-5-2-6-12-23,24-13-7-3-8-14-24)25-15-9-4-10-16-25/h2-16,19-20,22,29,37H,17-18,21H2,1H3/t29-/m0/s1. The number of nitro benzene ring substituents is 1. The first-order valence-electron chi connectivity index (χ1n) is 13.7. The van der Waals surface area contributed by atoms with Gasteiger partial charge >= 0.3 is 5.97 Å². The summed E-state index contributed by atoms with van der Waals surface area (Å²) in [6.07, 6.45) is 1.89. The Labute approximate surface area is 242 Å². The highest BCUT2D eigenvalue weighted by atomic mass is 16.6. The normalized spacial score (nSPS) is 14.0. The first-order valence-corrected chi connectivity index (χ1v) is 13.7. The lowest BCUT2D eigenvalue weighted by Crippen LogP contribution is -2.58. The summed E-state index contributed by atoms with van der Waals surface area (Å²) < 4.78 is 11.3.